The lowest BCUT2D eigenvalue weighted by Gasteiger charge is -2.40. The van der Waals surface area contributed by atoms with Crippen molar-refractivity contribution in [2.24, 2.45) is 0 Å². The fourth-order valence-electron chi connectivity index (χ4n) is 3.01. The molecular formula is C16H24N2O2. The van der Waals surface area contributed by atoms with Crippen LogP contribution in [0.2, 0.25) is 0 Å². The highest BCUT2D eigenvalue weighted by Gasteiger charge is 2.24. The van der Waals surface area contributed by atoms with E-state index < -0.39 is 5.97 Å². The number of anilines is 1. The number of carboxylic acid groups (broad SMARTS) is 1. The second kappa shape index (κ2) is 7.29. The number of hydrogen-bond donors (Lipinski definition) is 1. The van der Waals surface area contributed by atoms with Crippen LogP contribution in [0.1, 0.15) is 26.2 Å². The van der Waals surface area contributed by atoms with Crippen LogP contribution in [0.4, 0.5) is 5.69 Å². The molecule has 1 aliphatic heterocycles. The number of carbonyl (C=O) groups is 1. The molecular weight excluding hydrogens is 252 g/mol. The molecule has 1 unspecified atom stereocenters. The predicted octanol–water partition coefficient (Wildman–Crippen LogP) is 2.45. The summed E-state index contributed by atoms with van der Waals surface area (Å²) in [5, 5.41) is 8.81. The van der Waals surface area contributed by atoms with Crippen LogP contribution < -0.4 is 4.90 Å². The van der Waals surface area contributed by atoms with E-state index in [-0.39, 0.29) is 6.42 Å². The van der Waals surface area contributed by atoms with Crippen LogP contribution in [0.15, 0.2) is 30.3 Å². The summed E-state index contributed by atoms with van der Waals surface area (Å²) in [7, 11) is 0. The molecule has 0 amide bonds. The minimum Gasteiger partial charge on any atom is -0.481 e. The molecule has 0 spiro atoms. The first-order chi connectivity index (χ1) is 9.70. The first-order valence-electron chi connectivity index (χ1n) is 7.46. The van der Waals surface area contributed by atoms with Crippen molar-refractivity contribution in [3.8, 4) is 0 Å². The Bertz CT molecular complexity index is 422. The van der Waals surface area contributed by atoms with Gasteiger partial charge in [0.1, 0.15) is 0 Å². The zero-order valence-corrected chi connectivity index (χ0v) is 12.2. The van der Waals surface area contributed by atoms with Gasteiger partial charge in [-0.05, 0) is 38.4 Å². The molecule has 1 aromatic rings. The van der Waals surface area contributed by atoms with Gasteiger partial charge in [-0.15, -0.1) is 0 Å². The SMILES string of the molecule is CCN(c1ccccc1)C1CCCN(CCC(=O)O)C1. The molecule has 110 valence electrons. The van der Waals surface area contributed by atoms with Crippen molar-refractivity contribution in [2.45, 2.75) is 32.2 Å². The fraction of sp³-hybridized carbons (Fsp3) is 0.562. The maximum Gasteiger partial charge on any atom is 0.304 e. The summed E-state index contributed by atoms with van der Waals surface area (Å²) in [6.07, 6.45) is 2.57. The van der Waals surface area contributed by atoms with Crippen LogP contribution in [-0.4, -0.2) is 48.2 Å². The molecule has 4 nitrogen and oxygen atoms in total. The number of likely N-dealkylation sites (N-methyl/N-ethyl adjacent to an activating group) is 1. The standard InChI is InChI=1S/C16H24N2O2/c1-2-18(14-7-4-3-5-8-14)15-9-6-11-17(13-15)12-10-16(19)20/h3-5,7-8,15H,2,6,9-13H2,1H3,(H,19,20). The molecule has 0 bridgehead atoms. The Morgan fingerprint density at radius 3 is 2.80 bits per heavy atom. The fourth-order valence-corrected chi connectivity index (χ4v) is 3.01. The Morgan fingerprint density at radius 1 is 1.40 bits per heavy atom. The Morgan fingerprint density at radius 2 is 2.15 bits per heavy atom. The average molecular weight is 276 g/mol. The van der Waals surface area contributed by atoms with Crippen molar-refractivity contribution in [1.29, 1.82) is 0 Å². The maximum absolute atomic E-state index is 10.7. The van der Waals surface area contributed by atoms with Gasteiger partial charge in [0, 0.05) is 31.4 Å². The van der Waals surface area contributed by atoms with Gasteiger partial charge in [0.25, 0.3) is 0 Å². The molecule has 20 heavy (non-hydrogen) atoms. The number of carboxylic acids is 1. The van der Waals surface area contributed by atoms with Gasteiger partial charge in [-0.2, -0.15) is 0 Å². The number of hydrogen-bond acceptors (Lipinski definition) is 3. The highest BCUT2D eigenvalue weighted by atomic mass is 16.4. The van der Waals surface area contributed by atoms with Crippen LogP contribution in [0.3, 0.4) is 0 Å². The lowest BCUT2D eigenvalue weighted by molar-refractivity contribution is -0.137. The highest BCUT2D eigenvalue weighted by molar-refractivity contribution is 5.66. The first-order valence-corrected chi connectivity index (χ1v) is 7.46. The van der Waals surface area contributed by atoms with Gasteiger partial charge in [0.2, 0.25) is 0 Å². The molecule has 1 aromatic carbocycles. The van der Waals surface area contributed by atoms with E-state index >= 15 is 0 Å². The maximum atomic E-state index is 10.7. The topological polar surface area (TPSA) is 43.8 Å². The van der Waals surface area contributed by atoms with Crippen molar-refractivity contribution >= 4 is 11.7 Å². The number of likely N-dealkylation sites (tertiary alicyclic amines) is 1. The molecule has 1 N–H and O–H groups in total. The van der Waals surface area contributed by atoms with E-state index in [1.165, 1.54) is 12.1 Å². The normalized spacial score (nSPS) is 19.8. The third kappa shape index (κ3) is 3.97. The lowest BCUT2D eigenvalue weighted by atomic mass is 10.0. The summed E-state index contributed by atoms with van der Waals surface area (Å²) in [5.74, 6) is -0.706. The van der Waals surface area contributed by atoms with Crippen LogP contribution in [0, 0.1) is 0 Å². The molecule has 0 aliphatic carbocycles. The van der Waals surface area contributed by atoms with Crippen LogP contribution in [-0.2, 0) is 4.79 Å². The summed E-state index contributed by atoms with van der Waals surface area (Å²) in [4.78, 5) is 15.4. The summed E-state index contributed by atoms with van der Waals surface area (Å²) in [5.41, 5.74) is 1.26. The van der Waals surface area contributed by atoms with E-state index in [0.29, 0.717) is 12.6 Å². The molecule has 1 heterocycles. The second-order valence-corrected chi connectivity index (χ2v) is 5.36. The number of para-hydroxylation sites is 1. The smallest absolute Gasteiger partial charge is 0.304 e. The predicted molar refractivity (Wildman–Crippen MR) is 81.2 cm³/mol. The molecule has 4 heteroatoms. The van der Waals surface area contributed by atoms with Crippen molar-refractivity contribution in [1.82, 2.24) is 4.90 Å². The zero-order valence-electron chi connectivity index (χ0n) is 12.2. The minimum atomic E-state index is -0.706. The highest BCUT2D eigenvalue weighted by Crippen LogP contribution is 2.22. The molecule has 0 aromatic heterocycles. The van der Waals surface area contributed by atoms with Crippen molar-refractivity contribution in [3.63, 3.8) is 0 Å². The second-order valence-electron chi connectivity index (χ2n) is 5.36. The van der Waals surface area contributed by atoms with Crippen LogP contribution in [0.25, 0.3) is 0 Å². The van der Waals surface area contributed by atoms with Crippen LogP contribution in [0.5, 0.6) is 0 Å². The molecule has 2 rings (SSSR count). The van der Waals surface area contributed by atoms with E-state index in [1.807, 2.05) is 6.07 Å². The van der Waals surface area contributed by atoms with Crippen LogP contribution >= 0.6 is 0 Å². The molecule has 1 atom stereocenters. The quantitative estimate of drug-likeness (QED) is 0.867. The largest absolute Gasteiger partial charge is 0.481 e. The van der Waals surface area contributed by atoms with Crippen molar-refractivity contribution in [3.05, 3.63) is 30.3 Å². The minimum absolute atomic E-state index is 0.240. The summed E-state index contributed by atoms with van der Waals surface area (Å²) in [6.45, 7) is 5.83. The summed E-state index contributed by atoms with van der Waals surface area (Å²) >= 11 is 0. The Kier molecular flexibility index (Phi) is 5.41. The molecule has 1 saturated heterocycles. The molecule has 0 radical (unpaired) electrons. The molecule has 0 saturated carbocycles. The van der Waals surface area contributed by atoms with E-state index in [2.05, 4.69) is 41.0 Å². The zero-order chi connectivity index (χ0) is 14.4. The average Bonchev–Trinajstić information content (AvgIpc) is 2.47. The number of nitrogens with zero attached hydrogens (tertiary/aromatic N) is 2. The number of aliphatic carboxylic acids is 1. The van der Waals surface area contributed by atoms with Gasteiger partial charge < -0.3 is 14.9 Å². The number of benzene rings is 1. The lowest BCUT2D eigenvalue weighted by Crippen LogP contribution is -2.48. The van der Waals surface area contributed by atoms with Gasteiger partial charge in [-0.1, -0.05) is 18.2 Å². The monoisotopic (exact) mass is 276 g/mol. The van der Waals surface area contributed by atoms with Gasteiger partial charge in [-0.25, -0.2) is 0 Å². The Hall–Kier alpha value is -1.55. The van der Waals surface area contributed by atoms with Gasteiger partial charge in [-0.3, -0.25) is 4.79 Å². The third-order valence-corrected chi connectivity index (χ3v) is 3.99. The van der Waals surface area contributed by atoms with E-state index in [0.717, 1.165) is 26.1 Å². The number of rotatable bonds is 6. The van der Waals surface area contributed by atoms with Crippen molar-refractivity contribution in [2.75, 3.05) is 31.1 Å². The number of piperidine rings is 1. The first kappa shape index (κ1) is 14.9. The molecule has 1 aliphatic rings. The van der Waals surface area contributed by atoms with E-state index in [4.69, 9.17) is 5.11 Å². The van der Waals surface area contributed by atoms with E-state index in [1.54, 1.807) is 0 Å². The van der Waals surface area contributed by atoms with Crippen molar-refractivity contribution < 1.29 is 9.90 Å². The van der Waals surface area contributed by atoms with E-state index in [9.17, 15) is 4.79 Å². The summed E-state index contributed by atoms with van der Waals surface area (Å²) < 4.78 is 0. The Balaban J connectivity index is 1.98. The van der Waals surface area contributed by atoms with Gasteiger partial charge in [0.05, 0.1) is 6.42 Å². The van der Waals surface area contributed by atoms with Gasteiger partial charge >= 0.3 is 5.97 Å². The summed E-state index contributed by atoms with van der Waals surface area (Å²) in [6, 6.07) is 11.0. The Labute approximate surface area is 121 Å². The molecule has 1 fully saturated rings. The third-order valence-electron chi connectivity index (χ3n) is 3.99. The van der Waals surface area contributed by atoms with Gasteiger partial charge in [0.15, 0.2) is 0 Å².